The van der Waals surface area contributed by atoms with Crippen LogP contribution in [0.5, 0.6) is 5.75 Å². The van der Waals surface area contributed by atoms with E-state index < -0.39 is 6.10 Å². The van der Waals surface area contributed by atoms with Crippen molar-refractivity contribution in [2.75, 3.05) is 0 Å². The molecule has 4 heteroatoms. The predicted molar refractivity (Wildman–Crippen MR) is 90.8 cm³/mol. The van der Waals surface area contributed by atoms with Crippen LogP contribution >= 0.6 is 0 Å². The molecule has 1 heterocycles. The van der Waals surface area contributed by atoms with Gasteiger partial charge in [-0.05, 0) is 23.8 Å². The number of terminal acetylenes is 1. The molecule has 0 fully saturated rings. The molecule has 3 aromatic rings. The third-order valence-electron chi connectivity index (χ3n) is 3.72. The van der Waals surface area contributed by atoms with Crippen LogP contribution in [0.1, 0.15) is 34.2 Å². The molecule has 0 radical (unpaired) electrons. The van der Waals surface area contributed by atoms with Crippen molar-refractivity contribution in [2.24, 2.45) is 0 Å². The van der Waals surface area contributed by atoms with Crippen molar-refractivity contribution in [3.63, 3.8) is 0 Å². The molecule has 0 aliphatic heterocycles. The maximum atomic E-state index is 11.0. The molecule has 4 nitrogen and oxygen atoms in total. The summed E-state index contributed by atoms with van der Waals surface area (Å²) in [5, 5.41) is 10.8. The van der Waals surface area contributed by atoms with Crippen LogP contribution in [0.3, 0.4) is 0 Å². The Balaban J connectivity index is 1.97. The third kappa shape index (κ3) is 3.17. The van der Waals surface area contributed by atoms with Crippen molar-refractivity contribution in [1.82, 2.24) is 0 Å². The van der Waals surface area contributed by atoms with Gasteiger partial charge in [0, 0.05) is 12.0 Å². The molecule has 0 saturated carbocycles. The van der Waals surface area contributed by atoms with Gasteiger partial charge in [-0.1, -0.05) is 30.3 Å². The predicted octanol–water partition coefficient (Wildman–Crippen LogP) is 3.88. The third-order valence-corrected chi connectivity index (χ3v) is 3.72. The number of furan rings is 1. The van der Waals surface area contributed by atoms with Crippen molar-refractivity contribution in [3.8, 4) is 18.1 Å². The van der Waals surface area contributed by atoms with E-state index in [4.69, 9.17) is 15.6 Å². The SMILES string of the molecule is C#CCC(O)c1ccc(OCc2ccccc2)c2cc(C=O)oc12. The molecule has 120 valence electrons. The van der Waals surface area contributed by atoms with Crippen molar-refractivity contribution < 1.29 is 19.1 Å². The number of rotatable bonds is 6. The quantitative estimate of drug-likeness (QED) is 0.553. The lowest BCUT2D eigenvalue weighted by atomic mass is 10.0. The Morgan fingerprint density at radius 3 is 2.75 bits per heavy atom. The molecule has 3 rings (SSSR count). The van der Waals surface area contributed by atoms with Crippen LogP contribution in [0.2, 0.25) is 0 Å². The zero-order chi connectivity index (χ0) is 16.9. The second-order valence-electron chi connectivity index (χ2n) is 5.36. The summed E-state index contributed by atoms with van der Waals surface area (Å²) in [6.07, 6.45) is 5.19. The van der Waals surface area contributed by atoms with Crippen LogP contribution in [0.15, 0.2) is 52.9 Å². The second-order valence-corrected chi connectivity index (χ2v) is 5.36. The molecule has 1 aromatic heterocycles. The summed E-state index contributed by atoms with van der Waals surface area (Å²) >= 11 is 0. The van der Waals surface area contributed by atoms with Gasteiger partial charge in [-0.15, -0.1) is 12.3 Å². The summed E-state index contributed by atoms with van der Waals surface area (Å²) < 4.78 is 11.4. The van der Waals surface area contributed by atoms with Crippen LogP contribution in [0.4, 0.5) is 0 Å². The molecule has 24 heavy (non-hydrogen) atoms. The van der Waals surface area contributed by atoms with Gasteiger partial charge in [-0.3, -0.25) is 4.79 Å². The minimum atomic E-state index is -0.855. The highest BCUT2D eigenvalue weighted by molar-refractivity contribution is 5.91. The second kappa shape index (κ2) is 7.03. The van der Waals surface area contributed by atoms with E-state index in [1.165, 1.54) is 0 Å². The Hall–Kier alpha value is -3.03. The van der Waals surface area contributed by atoms with Crippen molar-refractivity contribution in [3.05, 3.63) is 65.4 Å². The van der Waals surface area contributed by atoms with Gasteiger partial charge in [0.1, 0.15) is 17.9 Å². The standard InChI is InChI=1S/C20H16O4/c1-2-6-18(22)16-9-10-19(17-11-15(12-21)24-20(16)17)23-13-14-7-4-3-5-8-14/h1,3-5,7-12,18,22H,6,13H2. The maximum absolute atomic E-state index is 11.0. The average molecular weight is 320 g/mol. The van der Waals surface area contributed by atoms with E-state index in [1.54, 1.807) is 18.2 Å². The van der Waals surface area contributed by atoms with Gasteiger partial charge >= 0.3 is 0 Å². The molecular formula is C20H16O4. The summed E-state index contributed by atoms with van der Waals surface area (Å²) in [6.45, 7) is 0.393. The van der Waals surface area contributed by atoms with Gasteiger partial charge in [-0.25, -0.2) is 0 Å². The van der Waals surface area contributed by atoms with Gasteiger partial charge in [-0.2, -0.15) is 0 Å². The first-order valence-electron chi connectivity index (χ1n) is 7.53. The van der Waals surface area contributed by atoms with E-state index in [-0.39, 0.29) is 12.2 Å². The van der Waals surface area contributed by atoms with Crippen LogP contribution in [-0.4, -0.2) is 11.4 Å². The topological polar surface area (TPSA) is 59.7 Å². The maximum Gasteiger partial charge on any atom is 0.185 e. The lowest BCUT2D eigenvalue weighted by Crippen LogP contribution is -1.99. The van der Waals surface area contributed by atoms with Crippen molar-refractivity contribution >= 4 is 17.3 Å². The van der Waals surface area contributed by atoms with E-state index in [9.17, 15) is 9.90 Å². The Morgan fingerprint density at radius 2 is 2.04 bits per heavy atom. The fraction of sp³-hybridized carbons (Fsp3) is 0.150. The zero-order valence-corrected chi connectivity index (χ0v) is 12.9. The molecule has 1 atom stereocenters. The van der Waals surface area contributed by atoms with Crippen LogP contribution in [0, 0.1) is 12.3 Å². The molecule has 1 unspecified atom stereocenters. The van der Waals surface area contributed by atoms with Gasteiger partial charge in [0.05, 0.1) is 11.5 Å². The molecule has 0 amide bonds. The van der Waals surface area contributed by atoms with Crippen molar-refractivity contribution in [1.29, 1.82) is 0 Å². The van der Waals surface area contributed by atoms with E-state index >= 15 is 0 Å². The first kappa shape index (κ1) is 15.9. The minimum Gasteiger partial charge on any atom is -0.488 e. The highest BCUT2D eigenvalue weighted by Crippen LogP contribution is 2.35. The Kier molecular flexibility index (Phi) is 4.64. The monoisotopic (exact) mass is 320 g/mol. The van der Waals surface area contributed by atoms with Gasteiger partial charge in [0.15, 0.2) is 12.0 Å². The van der Waals surface area contributed by atoms with Gasteiger partial charge < -0.3 is 14.3 Å². The number of aldehydes is 1. The number of fused-ring (bicyclic) bond motifs is 1. The summed E-state index contributed by atoms with van der Waals surface area (Å²) in [5.41, 5.74) is 2.00. The van der Waals surface area contributed by atoms with E-state index in [1.807, 2.05) is 30.3 Å². The zero-order valence-electron chi connectivity index (χ0n) is 12.9. The lowest BCUT2D eigenvalue weighted by Gasteiger charge is -2.12. The smallest absolute Gasteiger partial charge is 0.185 e. The average Bonchev–Trinajstić information content (AvgIpc) is 3.05. The van der Waals surface area contributed by atoms with E-state index in [2.05, 4.69) is 5.92 Å². The summed E-state index contributed by atoms with van der Waals surface area (Å²) in [4.78, 5) is 11.0. The van der Waals surface area contributed by atoms with Gasteiger partial charge in [0.25, 0.3) is 0 Å². The number of carbonyl (C=O) groups excluding carboxylic acids is 1. The first-order chi connectivity index (χ1) is 11.7. The number of carbonyl (C=O) groups is 1. The van der Waals surface area contributed by atoms with Gasteiger partial charge in [0.2, 0.25) is 0 Å². The molecule has 0 aliphatic rings. The first-order valence-corrected chi connectivity index (χ1v) is 7.53. The Labute approximate surface area is 139 Å². The number of hydrogen-bond donors (Lipinski definition) is 1. The Bertz CT molecular complexity index is 887. The highest BCUT2D eigenvalue weighted by atomic mass is 16.5. The molecule has 0 spiro atoms. The number of ether oxygens (including phenoxy) is 1. The summed E-state index contributed by atoms with van der Waals surface area (Å²) in [7, 11) is 0. The molecular weight excluding hydrogens is 304 g/mol. The fourth-order valence-corrected chi connectivity index (χ4v) is 2.54. The highest BCUT2D eigenvalue weighted by Gasteiger charge is 2.18. The molecule has 0 bridgehead atoms. The summed E-state index contributed by atoms with van der Waals surface area (Å²) in [6, 6.07) is 14.8. The van der Waals surface area contributed by atoms with Crippen molar-refractivity contribution in [2.45, 2.75) is 19.1 Å². The number of benzene rings is 2. The van der Waals surface area contributed by atoms with E-state index in [0.717, 1.165) is 5.56 Å². The summed E-state index contributed by atoms with van der Waals surface area (Å²) in [5.74, 6) is 3.18. The largest absolute Gasteiger partial charge is 0.488 e. The fourth-order valence-electron chi connectivity index (χ4n) is 2.54. The van der Waals surface area contributed by atoms with Crippen LogP contribution < -0.4 is 4.74 Å². The van der Waals surface area contributed by atoms with Crippen LogP contribution in [0.25, 0.3) is 11.0 Å². The molecule has 0 aliphatic carbocycles. The van der Waals surface area contributed by atoms with E-state index in [0.29, 0.717) is 35.2 Å². The molecule has 2 aromatic carbocycles. The number of aliphatic hydroxyl groups is 1. The number of aliphatic hydroxyl groups excluding tert-OH is 1. The molecule has 0 saturated heterocycles. The van der Waals surface area contributed by atoms with Crippen LogP contribution in [-0.2, 0) is 6.61 Å². The number of hydrogen-bond acceptors (Lipinski definition) is 4. The lowest BCUT2D eigenvalue weighted by molar-refractivity contribution is 0.110. The Morgan fingerprint density at radius 1 is 1.25 bits per heavy atom. The normalized spacial score (nSPS) is 11.8. The minimum absolute atomic E-state index is 0.163. The molecule has 1 N–H and O–H groups in total.